The number of nitrogens with zero attached hydrogens (tertiary/aromatic N) is 4. The molecule has 5 nitrogen and oxygen atoms in total. The summed E-state index contributed by atoms with van der Waals surface area (Å²) in [5.41, 5.74) is 0.999. The van der Waals surface area contributed by atoms with Crippen LogP contribution in [0, 0.1) is 11.8 Å². The average Bonchev–Trinajstić information content (AvgIpc) is 3.09. The standard InChI is InChI=1S/C16H16N4O/c21-15-14-11-19(16-17-7-4-8-18-16)9-12(14)10-20(15)13-5-2-1-3-6-13/h1-8,12,14H,9-11H2/t12-,14+/m1/s1. The number of fused-ring (bicyclic) bond motifs is 1. The fraction of sp³-hybridized carbons (Fsp3) is 0.312. The molecule has 2 saturated heterocycles. The van der Waals surface area contributed by atoms with Gasteiger partial charge in [-0.2, -0.15) is 0 Å². The van der Waals surface area contributed by atoms with Gasteiger partial charge in [0.15, 0.2) is 0 Å². The molecule has 1 aromatic carbocycles. The molecular formula is C16H16N4O. The van der Waals surface area contributed by atoms with E-state index in [-0.39, 0.29) is 11.8 Å². The lowest BCUT2D eigenvalue weighted by Gasteiger charge is -2.21. The van der Waals surface area contributed by atoms with E-state index in [9.17, 15) is 4.79 Å². The van der Waals surface area contributed by atoms with Crippen molar-refractivity contribution in [2.75, 3.05) is 29.4 Å². The first-order chi connectivity index (χ1) is 10.3. The van der Waals surface area contributed by atoms with E-state index < -0.39 is 0 Å². The smallest absolute Gasteiger partial charge is 0.232 e. The minimum absolute atomic E-state index is 0.0639. The van der Waals surface area contributed by atoms with Crippen LogP contribution in [0.15, 0.2) is 48.8 Å². The molecule has 0 aliphatic carbocycles. The highest BCUT2D eigenvalue weighted by molar-refractivity contribution is 5.98. The monoisotopic (exact) mass is 280 g/mol. The molecule has 1 aromatic heterocycles. The third-order valence-corrected chi connectivity index (χ3v) is 4.34. The van der Waals surface area contributed by atoms with E-state index >= 15 is 0 Å². The third-order valence-electron chi connectivity index (χ3n) is 4.34. The maximum absolute atomic E-state index is 12.6. The molecule has 4 rings (SSSR count). The quantitative estimate of drug-likeness (QED) is 0.838. The first-order valence-electron chi connectivity index (χ1n) is 7.21. The lowest BCUT2D eigenvalue weighted by molar-refractivity contribution is -0.120. The van der Waals surface area contributed by atoms with Crippen molar-refractivity contribution >= 4 is 17.5 Å². The van der Waals surface area contributed by atoms with Gasteiger partial charge in [0, 0.05) is 43.6 Å². The molecule has 2 atom stereocenters. The molecule has 0 unspecified atom stereocenters. The molecule has 21 heavy (non-hydrogen) atoms. The van der Waals surface area contributed by atoms with Crippen LogP contribution in [-0.4, -0.2) is 35.5 Å². The largest absolute Gasteiger partial charge is 0.340 e. The van der Waals surface area contributed by atoms with Gasteiger partial charge in [0.2, 0.25) is 11.9 Å². The average molecular weight is 280 g/mol. The van der Waals surface area contributed by atoms with Gasteiger partial charge in [-0.05, 0) is 18.2 Å². The lowest BCUT2D eigenvalue weighted by Crippen LogP contribution is -2.33. The number of amides is 1. The van der Waals surface area contributed by atoms with E-state index in [4.69, 9.17) is 0 Å². The Morgan fingerprint density at radius 2 is 1.71 bits per heavy atom. The van der Waals surface area contributed by atoms with Crippen molar-refractivity contribution in [1.29, 1.82) is 0 Å². The summed E-state index contributed by atoms with van der Waals surface area (Å²) in [6.45, 7) is 2.36. The van der Waals surface area contributed by atoms with Crippen molar-refractivity contribution in [3.63, 3.8) is 0 Å². The summed E-state index contributed by atoms with van der Waals surface area (Å²) >= 11 is 0. The van der Waals surface area contributed by atoms with Crippen LogP contribution in [0.25, 0.3) is 0 Å². The molecule has 0 spiro atoms. The molecule has 2 aliphatic heterocycles. The van der Waals surface area contributed by atoms with E-state index in [0.717, 1.165) is 31.3 Å². The van der Waals surface area contributed by atoms with Gasteiger partial charge in [0.1, 0.15) is 0 Å². The van der Waals surface area contributed by atoms with E-state index in [1.807, 2.05) is 41.3 Å². The highest BCUT2D eigenvalue weighted by Gasteiger charge is 2.47. The molecule has 2 fully saturated rings. The van der Waals surface area contributed by atoms with Gasteiger partial charge < -0.3 is 9.80 Å². The first-order valence-corrected chi connectivity index (χ1v) is 7.21. The van der Waals surface area contributed by atoms with E-state index in [2.05, 4.69) is 14.9 Å². The normalized spacial score (nSPS) is 24.5. The van der Waals surface area contributed by atoms with Crippen LogP contribution in [-0.2, 0) is 4.79 Å². The zero-order valence-corrected chi connectivity index (χ0v) is 11.6. The van der Waals surface area contributed by atoms with Gasteiger partial charge in [-0.3, -0.25) is 4.79 Å². The van der Waals surface area contributed by atoms with Crippen molar-refractivity contribution in [2.45, 2.75) is 0 Å². The minimum atomic E-state index is 0.0639. The maximum Gasteiger partial charge on any atom is 0.232 e. The molecule has 2 aromatic rings. The Morgan fingerprint density at radius 3 is 2.43 bits per heavy atom. The second-order valence-electron chi connectivity index (χ2n) is 5.60. The molecule has 5 heteroatoms. The predicted octanol–water partition coefficient (Wildman–Crippen LogP) is 1.58. The second-order valence-corrected chi connectivity index (χ2v) is 5.60. The van der Waals surface area contributed by atoms with Crippen molar-refractivity contribution in [3.05, 3.63) is 48.8 Å². The third kappa shape index (κ3) is 2.05. The topological polar surface area (TPSA) is 49.3 Å². The van der Waals surface area contributed by atoms with Crippen LogP contribution in [0.4, 0.5) is 11.6 Å². The Hall–Kier alpha value is -2.43. The van der Waals surface area contributed by atoms with Crippen molar-refractivity contribution in [1.82, 2.24) is 9.97 Å². The Morgan fingerprint density at radius 1 is 0.952 bits per heavy atom. The molecule has 0 radical (unpaired) electrons. The highest BCUT2D eigenvalue weighted by atomic mass is 16.2. The molecule has 0 N–H and O–H groups in total. The molecule has 1 amide bonds. The SMILES string of the molecule is O=C1[C@H]2CN(c3ncccn3)C[C@@H]2CN1c1ccccc1. The summed E-state index contributed by atoms with van der Waals surface area (Å²) in [5, 5.41) is 0. The van der Waals surface area contributed by atoms with Crippen molar-refractivity contribution < 1.29 is 4.79 Å². The van der Waals surface area contributed by atoms with Gasteiger partial charge in [0.25, 0.3) is 0 Å². The summed E-state index contributed by atoms with van der Waals surface area (Å²) in [7, 11) is 0. The number of aromatic nitrogens is 2. The summed E-state index contributed by atoms with van der Waals surface area (Å²) in [4.78, 5) is 25.2. The molecule has 106 valence electrons. The summed E-state index contributed by atoms with van der Waals surface area (Å²) in [6.07, 6.45) is 3.49. The zero-order valence-electron chi connectivity index (χ0n) is 11.6. The number of para-hydroxylation sites is 1. The predicted molar refractivity (Wildman–Crippen MR) is 80.0 cm³/mol. The van der Waals surface area contributed by atoms with E-state index in [1.165, 1.54) is 0 Å². The number of carbonyl (C=O) groups excluding carboxylic acids is 1. The Bertz CT molecular complexity index is 646. The minimum Gasteiger partial charge on any atom is -0.340 e. The fourth-order valence-electron chi connectivity index (χ4n) is 3.32. The van der Waals surface area contributed by atoms with E-state index in [1.54, 1.807) is 12.4 Å². The molecule has 0 saturated carbocycles. The van der Waals surface area contributed by atoms with Gasteiger partial charge in [-0.25, -0.2) is 9.97 Å². The second kappa shape index (κ2) is 4.84. The number of hydrogen-bond acceptors (Lipinski definition) is 4. The van der Waals surface area contributed by atoms with Gasteiger partial charge in [-0.1, -0.05) is 18.2 Å². The van der Waals surface area contributed by atoms with Crippen LogP contribution in [0.1, 0.15) is 0 Å². The summed E-state index contributed by atoms with van der Waals surface area (Å²) < 4.78 is 0. The number of anilines is 2. The number of rotatable bonds is 2. The van der Waals surface area contributed by atoms with E-state index in [0.29, 0.717) is 5.92 Å². The molecule has 3 heterocycles. The Balaban J connectivity index is 1.53. The summed E-state index contributed by atoms with van der Waals surface area (Å²) in [6, 6.07) is 11.7. The molecule has 2 aliphatic rings. The van der Waals surface area contributed by atoms with Gasteiger partial charge >= 0.3 is 0 Å². The van der Waals surface area contributed by atoms with Gasteiger partial charge in [0.05, 0.1) is 5.92 Å². The lowest BCUT2D eigenvalue weighted by atomic mass is 10.0. The number of benzene rings is 1. The fourth-order valence-corrected chi connectivity index (χ4v) is 3.32. The van der Waals surface area contributed by atoms with Crippen LogP contribution in [0.3, 0.4) is 0 Å². The Kier molecular flexibility index (Phi) is 2.84. The van der Waals surface area contributed by atoms with Crippen LogP contribution in [0.2, 0.25) is 0 Å². The zero-order chi connectivity index (χ0) is 14.2. The Labute approximate surface area is 123 Å². The molecule has 0 bridgehead atoms. The van der Waals surface area contributed by atoms with Crippen LogP contribution >= 0.6 is 0 Å². The number of hydrogen-bond donors (Lipinski definition) is 0. The van der Waals surface area contributed by atoms with Crippen molar-refractivity contribution in [3.8, 4) is 0 Å². The van der Waals surface area contributed by atoms with Crippen molar-refractivity contribution in [2.24, 2.45) is 11.8 Å². The molecular weight excluding hydrogens is 264 g/mol. The van der Waals surface area contributed by atoms with Crippen LogP contribution in [0.5, 0.6) is 0 Å². The first kappa shape index (κ1) is 12.3. The highest BCUT2D eigenvalue weighted by Crippen LogP contribution is 2.35. The number of carbonyl (C=O) groups is 1. The summed E-state index contributed by atoms with van der Waals surface area (Å²) in [5.74, 6) is 1.38. The van der Waals surface area contributed by atoms with Gasteiger partial charge in [-0.15, -0.1) is 0 Å². The maximum atomic E-state index is 12.6. The van der Waals surface area contributed by atoms with Crippen LogP contribution < -0.4 is 9.80 Å².